The minimum Gasteiger partial charge on any atom is -0.394 e. The smallest absolute Gasteiger partial charge is 0.146 e. The van der Waals surface area contributed by atoms with Gasteiger partial charge in [-0.1, -0.05) is 84.0 Å². The van der Waals surface area contributed by atoms with Crippen LogP contribution in [0.5, 0.6) is 0 Å². The van der Waals surface area contributed by atoms with E-state index in [1.54, 1.807) is 7.11 Å². The van der Waals surface area contributed by atoms with E-state index < -0.39 is 0 Å². The topological polar surface area (TPSA) is 38.7 Å². The van der Waals surface area contributed by atoms with Gasteiger partial charge in [-0.15, -0.1) is 0 Å². The fourth-order valence-corrected chi connectivity index (χ4v) is 2.60. The Balaban J connectivity index is 3.14. The average molecular weight is 302 g/mol. The molecule has 3 heteroatoms. The lowest BCUT2D eigenvalue weighted by Crippen LogP contribution is -2.18. The molecule has 0 radical (unpaired) electrons. The lowest BCUT2D eigenvalue weighted by atomic mass is 10.0. The summed E-state index contributed by atoms with van der Waals surface area (Å²) in [5.41, 5.74) is 0. The number of rotatable bonds is 17. The predicted molar refractivity (Wildman–Crippen MR) is 89.5 cm³/mol. The quantitative estimate of drug-likeness (QED) is 0.301. The Labute approximate surface area is 132 Å². The van der Waals surface area contributed by atoms with Crippen molar-refractivity contribution in [2.75, 3.05) is 20.5 Å². The van der Waals surface area contributed by atoms with Crippen molar-refractivity contribution in [3.8, 4) is 0 Å². The molecule has 128 valence electrons. The lowest BCUT2D eigenvalue weighted by molar-refractivity contribution is -0.0898. The second kappa shape index (κ2) is 17.9. The summed E-state index contributed by atoms with van der Waals surface area (Å²) in [6, 6.07) is 0. The second-order valence-electron chi connectivity index (χ2n) is 6.06. The molecule has 0 aliphatic rings. The van der Waals surface area contributed by atoms with E-state index in [0.29, 0.717) is 0 Å². The van der Waals surface area contributed by atoms with Gasteiger partial charge in [0, 0.05) is 7.11 Å². The molecule has 0 heterocycles. The third-order valence-corrected chi connectivity index (χ3v) is 4.00. The van der Waals surface area contributed by atoms with Crippen LogP contribution < -0.4 is 0 Å². The highest BCUT2D eigenvalue weighted by atomic mass is 16.7. The summed E-state index contributed by atoms with van der Waals surface area (Å²) in [5.74, 6) is 0. The maximum atomic E-state index is 9.15. The van der Waals surface area contributed by atoms with Gasteiger partial charge in [0.05, 0.1) is 12.7 Å². The Morgan fingerprint density at radius 2 is 1.24 bits per heavy atom. The van der Waals surface area contributed by atoms with Crippen LogP contribution in [-0.2, 0) is 9.47 Å². The van der Waals surface area contributed by atoms with Crippen molar-refractivity contribution in [3.63, 3.8) is 0 Å². The van der Waals surface area contributed by atoms with Gasteiger partial charge in [0.15, 0.2) is 0 Å². The summed E-state index contributed by atoms with van der Waals surface area (Å²) in [7, 11) is 1.61. The molecule has 1 atom stereocenters. The van der Waals surface area contributed by atoms with Crippen molar-refractivity contribution >= 4 is 0 Å². The van der Waals surface area contributed by atoms with Crippen LogP contribution >= 0.6 is 0 Å². The van der Waals surface area contributed by atoms with Crippen molar-refractivity contribution < 1.29 is 14.6 Å². The molecule has 0 aliphatic carbocycles. The van der Waals surface area contributed by atoms with E-state index in [2.05, 4.69) is 6.92 Å². The summed E-state index contributed by atoms with van der Waals surface area (Å²) in [6.07, 6.45) is 17.2. The molecule has 0 saturated carbocycles. The van der Waals surface area contributed by atoms with E-state index in [1.807, 2.05) is 0 Å². The summed E-state index contributed by atoms with van der Waals surface area (Å²) in [6.45, 7) is 2.65. The summed E-state index contributed by atoms with van der Waals surface area (Å²) in [4.78, 5) is 0. The first-order valence-electron chi connectivity index (χ1n) is 9.06. The first-order valence-corrected chi connectivity index (χ1v) is 9.06. The molecule has 0 aliphatic heterocycles. The van der Waals surface area contributed by atoms with Gasteiger partial charge in [-0.25, -0.2) is 0 Å². The molecule has 0 rings (SSSR count). The monoisotopic (exact) mass is 302 g/mol. The molecule has 0 unspecified atom stereocenters. The summed E-state index contributed by atoms with van der Waals surface area (Å²) in [5, 5.41) is 9.15. The molecule has 21 heavy (non-hydrogen) atoms. The van der Waals surface area contributed by atoms with Gasteiger partial charge in [0.2, 0.25) is 0 Å². The zero-order chi connectivity index (χ0) is 15.6. The van der Waals surface area contributed by atoms with Crippen molar-refractivity contribution in [2.45, 2.75) is 96.5 Å². The molecular formula is C18H38O3. The number of hydrogen-bond acceptors (Lipinski definition) is 3. The van der Waals surface area contributed by atoms with Crippen LogP contribution in [-0.4, -0.2) is 31.7 Å². The Bertz CT molecular complexity index is 185. The van der Waals surface area contributed by atoms with E-state index in [1.165, 1.54) is 70.6 Å². The van der Waals surface area contributed by atoms with Gasteiger partial charge in [-0.05, 0) is 6.42 Å². The highest BCUT2D eigenvalue weighted by molar-refractivity contribution is 4.56. The summed E-state index contributed by atoms with van der Waals surface area (Å²) < 4.78 is 10.2. The molecule has 1 N–H and O–H groups in total. The maximum Gasteiger partial charge on any atom is 0.146 e. The van der Waals surface area contributed by atoms with Crippen molar-refractivity contribution in [3.05, 3.63) is 0 Å². The van der Waals surface area contributed by atoms with Gasteiger partial charge < -0.3 is 14.6 Å². The van der Waals surface area contributed by atoms with Gasteiger partial charge >= 0.3 is 0 Å². The van der Waals surface area contributed by atoms with Crippen molar-refractivity contribution in [1.29, 1.82) is 0 Å². The number of aliphatic hydroxyl groups is 1. The first kappa shape index (κ1) is 20.9. The molecule has 0 amide bonds. The highest BCUT2D eigenvalue weighted by Crippen LogP contribution is 2.13. The average Bonchev–Trinajstić information content (AvgIpc) is 2.51. The highest BCUT2D eigenvalue weighted by Gasteiger charge is 2.06. The van der Waals surface area contributed by atoms with Crippen LogP contribution in [0.1, 0.15) is 90.4 Å². The van der Waals surface area contributed by atoms with Crippen LogP contribution in [0.4, 0.5) is 0 Å². The lowest BCUT2D eigenvalue weighted by Gasteiger charge is -2.14. The van der Waals surface area contributed by atoms with Crippen LogP contribution in [0, 0.1) is 0 Å². The molecule has 0 spiro atoms. The SMILES string of the molecule is CCCCCCCCCCCCCC[C@H](CO)OCOC. The Morgan fingerprint density at radius 1 is 0.762 bits per heavy atom. The van der Waals surface area contributed by atoms with Crippen LogP contribution in [0.2, 0.25) is 0 Å². The summed E-state index contributed by atoms with van der Waals surface area (Å²) >= 11 is 0. The Morgan fingerprint density at radius 3 is 1.67 bits per heavy atom. The van der Waals surface area contributed by atoms with Crippen LogP contribution in [0.3, 0.4) is 0 Å². The molecule has 0 saturated heterocycles. The zero-order valence-corrected chi connectivity index (χ0v) is 14.4. The first-order chi connectivity index (χ1) is 10.3. The van der Waals surface area contributed by atoms with Crippen molar-refractivity contribution in [2.24, 2.45) is 0 Å². The standard InChI is InChI=1S/C18H38O3/c1-3-4-5-6-7-8-9-10-11-12-13-14-15-18(16-19)21-17-20-2/h18-19H,3-17H2,1-2H3/t18-/m1/s1. The van der Waals surface area contributed by atoms with Gasteiger partial charge in [0.25, 0.3) is 0 Å². The number of hydrogen-bond donors (Lipinski definition) is 1. The van der Waals surface area contributed by atoms with E-state index in [9.17, 15) is 0 Å². The van der Waals surface area contributed by atoms with Crippen molar-refractivity contribution in [1.82, 2.24) is 0 Å². The normalized spacial score (nSPS) is 12.7. The number of ether oxygens (including phenoxy) is 2. The molecule has 0 bridgehead atoms. The van der Waals surface area contributed by atoms with Gasteiger partial charge in [-0.2, -0.15) is 0 Å². The third-order valence-electron chi connectivity index (χ3n) is 4.00. The van der Waals surface area contributed by atoms with Crippen LogP contribution in [0.25, 0.3) is 0 Å². The number of aliphatic hydroxyl groups excluding tert-OH is 1. The van der Waals surface area contributed by atoms with E-state index in [-0.39, 0.29) is 19.5 Å². The van der Waals surface area contributed by atoms with Gasteiger partial charge in [-0.3, -0.25) is 0 Å². The predicted octanol–water partition coefficient (Wildman–Crippen LogP) is 5.06. The second-order valence-corrected chi connectivity index (χ2v) is 6.06. The fraction of sp³-hybridized carbons (Fsp3) is 1.00. The van der Waals surface area contributed by atoms with Gasteiger partial charge in [0.1, 0.15) is 6.79 Å². The zero-order valence-electron chi connectivity index (χ0n) is 14.4. The maximum absolute atomic E-state index is 9.15. The van der Waals surface area contributed by atoms with E-state index in [0.717, 1.165) is 12.8 Å². The minimum absolute atomic E-state index is 0.0481. The Kier molecular flexibility index (Phi) is 17.8. The third kappa shape index (κ3) is 16.1. The van der Waals surface area contributed by atoms with Crippen LogP contribution in [0.15, 0.2) is 0 Å². The fourth-order valence-electron chi connectivity index (χ4n) is 2.60. The molecule has 0 aromatic carbocycles. The molecule has 0 aromatic heterocycles. The van der Waals surface area contributed by atoms with E-state index in [4.69, 9.17) is 14.6 Å². The number of unbranched alkanes of at least 4 members (excludes halogenated alkanes) is 11. The Hall–Kier alpha value is -0.120. The molecule has 3 nitrogen and oxygen atoms in total. The number of methoxy groups -OCH3 is 1. The largest absolute Gasteiger partial charge is 0.394 e. The van der Waals surface area contributed by atoms with E-state index >= 15 is 0 Å². The molecule has 0 fully saturated rings. The molecular weight excluding hydrogens is 264 g/mol. The molecule has 0 aromatic rings. The minimum atomic E-state index is -0.0481.